The van der Waals surface area contributed by atoms with Gasteiger partial charge in [0.2, 0.25) is 0 Å². The van der Waals surface area contributed by atoms with E-state index in [1.54, 1.807) is 0 Å². The number of pyridine rings is 1. The molecule has 0 amide bonds. The number of rotatable bonds is 1. The van der Waals surface area contributed by atoms with E-state index in [0.717, 1.165) is 10.2 Å². The lowest BCUT2D eigenvalue weighted by Crippen LogP contribution is -1.88. The van der Waals surface area contributed by atoms with Crippen LogP contribution in [0.2, 0.25) is 0 Å². The molecule has 0 aliphatic rings. The molecule has 0 fully saturated rings. The average Bonchev–Trinajstić information content (AvgIpc) is 2.46. The molecule has 0 aliphatic heterocycles. The first-order valence-electron chi connectivity index (χ1n) is 4.30. The maximum absolute atomic E-state index is 4.38. The fourth-order valence-electron chi connectivity index (χ4n) is 1.44. The summed E-state index contributed by atoms with van der Waals surface area (Å²) in [6.07, 6.45) is 3.88. The van der Waals surface area contributed by atoms with Gasteiger partial charge in [-0.15, -0.1) is 0 Å². The molecule has 68 valence electrons. The molecule has 2 aromatic rings. The van der Waals surface area contributed by atoms with Crippen LogP contribution in [0, 0.1) is 0 Å². The molecule has 0 spiro atoms. The zero-order valence-corrected chi connectivity index (χ0v) is 9.25. The van der Waals surface area contributed by atoms with Crippen LogP contribution in [0.25, 0.3) is 5.52 Å². The molecule has 2 heterocycles. The number of aromatic nitrogens is 2. The smallest absolute Gasteiger partial charge is 0.0995 e. The summed E-state index contributed by atoms with van der Waals surface area (Å²) < 4.78 is 3.12. The number of nitrogens with zero attached hydrogens (tertiary/aromatic N) is 2. The lowest BCUT2D eigenvalue weighted by Gasteiger charge is -2.01. The van der Waals surface area contributed by atoms with E-state index in [2.05, 4.69) is 40.8 Å². The average molecular weight is 239 g/mol. The molecule has 0 aliphatic carbocycles. The van der Waals surface area contributed by atoms with Crippen LogP contribution in [-0.4, -0.2) is 9.38 Å². The quantitative estimate of drug-likeness (QED) is 0.746. The van der Waals surface area contributed by atoms with Crippen molar-refractivity contribution >= 4 is 21.4 Å². The van der Waals surface area contributed by atoms with Crippen LogP contribution in [0.15, 0.2) is 29.1 Å². The summed E-state index contributed by atoms with van der Waals surface area (Å²) in [5.41, 5.74) is 2.35. The highest BCUT2D eigenvalue weighted by Crippen LogP contribution is 2.20. The molecular formula is C10H11BrN2. The summed E-state index contributed by atoms with van der Waals surface area (Å²) in [5.74, 6) is 0.478. The fourth-order valence-corrected chi connectivity index (χ4v) is 1.79. The van der Waals surface area contributed by atoms with E-state index in [9.17, 15) is 0 Å². The van der Waals surface area contributed by atoms with E-state index in [0.29, 0.717) is 5.92 Å². The normalized spacial score (nSPS) is 11.4. The largest absolute Gasteiger partial charge is 0.305 e. The van der Waals surface area contributed by atoms with Crippen molar-refractivity contribution in [1.82, 2.24) is 9.38 Å². The van der Waals surface area contributed by atoms with E-state index in [-0.39, 0.29) is 0 Å². The first-order chi connectivity index (χ1) is 6.18. The van der Waals surface area contributed by atoms with Crippen molar-refractivity contribution in [3.05, 3.63) is 34.8 Å². The first-order valence-corrected chi connectivity index (χ1v) is 5.10. The molecule has 0 atom stereocenters. The fraction of sp³-hybridized carbons (Fsp3) is 0.300. The highest BCUT2D eigenvalue weighted by Gasteiger charge is 2.07. The standard InChI is InChI=1S/C10H11BrN2/c1-7(2)10-9-4-3-8(11)5-13(9)6-12-10/h3-7H,1-2H3. The van der Waals surface area contributed by atoms with Gasteiger partial charge in [0.15, 0.2) is 0 Å². The minimum absolute atomic E-state index is 0.478. The number of hydrogen-bond donors (Lipinski definition) is 0. The Balaban J connectivity index is 2.69. The van der Waals surface area contributed by atoms with Crippen molar-refractivity contribution in [3.8, 4) is 0 Å². The van der Waals surface area contributed by atoms with Gasteiger partial charge in [-0.1, -0.05) is 13.8 Å². The minimum atomic E-state index is 0.478. The van der Waals surface area contributed by atoms with Gasteiger partial charge >= 0.3 is 0 Å². The van der Waals surface area contributed by atoms with Gasteiger partial charge in [0.1, 0.15) is 0 Å². The summed E-state index contributed by atoms with van der Waals surface area (Å²) in [4.78, 5) is 4.38. The molecule has 0 saturated heterocycles. The lowest BCUT2D eigenvalue weighted by molar-refractivity contribution is 0.841. The van der Waals surface area contributed by atoms with Gasteiger partial charge in [0, 0.05) is 10.7 Å². The third-order valence-corrected chi connectivity index (χ3v) is 2.54. The van der Waals surface area contributed by atoms with Crippen LogP contribution < -0.4 is 0 Å². The van der Waals surface area contributed by atoms with E-state index in [1.807, 2.05) is 23.0 Å². The van der Waals surface area contributed by atoms with E-state index >= 15 is 0 Å². The third kappa shape index (κ3) is 1.48. The van der Waals surface area contributed by atoms with Crippen LogP contribution in [0.3, 0.4) is 0 Å². The molecule has 0 aromatic carbocycles. The molecule has 13 heavy (non-hydrogen) atoms. The van der Waals surface area contributed by atoms with Gasteiger partial charge in [-0.05, 0) is 34.0 Å². The van der Waals surface area contributed by atoms with Crippen LogP contribution >= 0.6 is 15.9 Å². The summed E-state index contributed by atoms with van der Waals surface area (Å²) in [6.45, 7) is 4.31. The first kappa shape index (κ1) is 8.75. The van der Waals surface area contributed by atoms with Crippen molar-refractivity contribution < 1.29 is 0 Å². The third-order valence-electron chi connectivity index (χ3n) is 2.07. The molecule has 0 bridgehead atoms. The zero-order chi connectivity index (χ0) is 9.42. The molecule has 3 heteroatoms. The summed E-state index contributed by atoms with van der Waals surface area (Å²) >= 11 is 3.43. The Morgan fingerprint density at radius 3 is 2.85 bits per heavy atom. The van der Waals surface area contributed by atoms with Crippen molar-refractivity contribution in [3.63, 3.8) is 0 Å². The van der Waals surface area contributed by atoms with Gasteiger partial charge in [0.25, 0.3) is 0 Å². The van der Waals surface area contributed by atoms with Crippen molar-refractivity contribution in [2.45, 2.75) is 19.8 Å². The lowest BCUT2D eigenvalue weighted by atomic mass is 10.1. The Hall–Kier alpha value is -0.830. The highest BCUT2D eigenvalue weighted by atomic mass is 79.9. The second kappa shape index (κ2) is 3.14. The van der Waals surface area contributed by atoms with E-state index in [1.165, 1.54) is 5.52 Å². The highest BCUT2D eigenvalue weighted by molar-refractivity contribution is 9.10. The molecule has 0 radical (unpaired) electrons. The van der Waals surface area contributed by atoms with E-state index < -0.39 is 0 Å². The van der Waals surface area contributed by atoms with Crippen LogP contribution in [-0.2, 0) is 0 Å². The second-order valence-corrected chi connectivity index (χ2v) is 4.34. The van der Waals surface area contributed by atoms with Crippen LogP contribution in [0.1, 0.15) is 25.5 Å². The van der Waals surface area contributed by atoms with Crippen molar-refractivity contribution in [2.75, 3.05) is 0 Å². The van der Waals surface area contributed by atoms with Crippen molar-refractivity contribution in [2.24, 2.45) is 0 Å². The van der Waals surface area contributed by atoms with Crippen molar-refractivity contribution in [1.29, 1.82) is 0 Å². The maximum Gasteiger partial charge on any atom is 0.0995 e. The van der Waals surface area contributed by atoms with Gasteiger partial charge in [-0.25, -0.2) is 4.98 Å². The Labute approximate surface area is 85.7 Å². The van der Waals surface area contributed by atoms with Gasteiger partial charge in [0.05, 0.1) is 17.5 Å². The molecule has 2 rings (SSSR count). The molecule has 0 N–H and O–H groups in total. The van der Waals surface area contributed by atoms with Crippen LogP contribution in [0.4, 0.5) is 0 Å². The molecule has 2 aromatic heterocycles. The summed E-state index contributed by atoms with van der Waals surface area (Å²) in [6, 6.07) is 4.13. The predicted octanol–water partition coefficient (Wildman–Crippen LogP) is 3.22. The second-order valence-electron chi connectivity index (χ2n) is 3.42. The zero-order valence-electron chi connectivity index (χ0n) is 7.66. The molecule has 0 saturated carbocycles. The summed E-state index contributed by atoms with van der Waals surface area (Å²) in [5, 5.41) is 0. The van der Waals surface area contributed by atoms with Gasteiger partial charge in [-0.2, -0.15) is 0 Å². The molecule has 0 unspecified atom stereocenters. The number of halogens is 1. The minimum Gasteiger partial charge on any atom is -0.305 e. The number of fused-ring (bicyclic) bond motifs is 1. The van der Waals surface area contributed by atoms with Gasteiger partial charge in [-0.3, -0.25) is 0 Å². The number of hydrogen-bond acceptors (Lipinski definition) is 1. The Morgan fingerprint density at radius 2 is 2.15 bits per heavy atom. The Kier molecular flexibility index (Phi) is 2.12. The Morgan fingerprint density at radius 1 is 1.38 bits per heavy atom. The molecule has 2 nitrogen and oxygen atoms in total. The maximum atomic E-state index is 4.38. The topological polar surface area (TPSA) is 17.3 Å². The Bertz CT molecular complexity index is 431. The van der Waals surface area contributed by atoms with Gasteiger partial charge < -0.3 is 4.40 Å². The van der Waals surface area contributed by atoms with E-state index in [4.69, 9.17) is 0 Å². The number of imidazole rings is 1. The molecular weight excluding hydrogens is 228 g/mol. The predicted molar refractivity (Wildman–Crippen MR) is 57.0 cm³/mol. The van der Waals surface area contributed by atoms with Crippen LogP contribution in [0.5, 0.6) is 0 Å². The summed E-state index contributed by atoms with van der Waals surface area (Å²) in [7, 11) is 0. The SMILES string of the molecule is CC(C)c1ncn2cc(Br)ccc12. The monoisotopic (exact) mass is 238 g/mol.